The van der Waals surface area contributed by atoms with E-state index in [9.17, 15) is 4.39 Å². The van der Waals surface area contributed by atoms with Crippen molar-refractivity contribution in [3.05, 3.63) is 88.8 Å². The maximum atomic E-state index is 15.1. The number of rotatable bonds is 9. The van der Waals surface area contributed by atoms with Gasteiger partial charge in [0.05, 0.1) is 0 Å². The van der Waals surface area contributed by atoms with Gasteiger partial charge < -0.3 is 0 Å². The van der Waals surface area contributed by atoms with Crippen LogP contribution >= 0.6 is 0 Å². The van der Waals surface area contributed by atoms with Crippen LogP contribution in [0, 0.1) is 23.5 Å². The lowest BCUT2D eigenvalue weighted by atomic mass is 9.77. The highest BCUT2D eigenvalue weighted by molar-refractivity contribution is 5.67. The number of unbranched alkanes of at least 4 members (excludes halogenated alkanes) is 1. The zero-order valence-corrected chi connectivity index (χ0v) is 21.7. The van der Waals surface area contributed by atoms with Crippen LogP contribution in [0.3, 0.4) is 0 Å². The minimum absolute atomic E-state index is 0.0131. The second-order valence-corrected chi connectivity index (χ2v) is 10.6. The Morgan fingerprint density at radius 1 is 0.806 bits per heavy atom. The third-order valence-corrected chi connectivity index (χ3v) is 8.02. The fourth-order valence-electron chi connectivity index (χ4n) is 5.79. The molecule has 0 nitrogen and oxygen atoms in total. The van der Waals surface area contributed by atoms with E-state index in [0.717, 1.165) is 68.4 Å². The summed E-state index contributed by atoms with van der Waals surface area (Å²) >= 11 is 0. The summed E-state index contributed by atoms with van der Waals surface area (Å²) in [5, 5.41) is 0. The summed E-state index contributed by atoms with van der Waals surface area (Å²) in [5.74, 6) is -0.611. The molecule has 2 aliphatic rings. The number of halogens is 3. The fourth-order valence-corrected chi connectivity index (χ4v) is 5.79. The molecule has 1 unspecified atom stereocenters. The van der Waals surface area contributed by atoms with Crippen LogP contribution in [0.2, 0.25) is 0 Å². The zero-order valence-electron chi connectivity index (χ0n) is 21.7. The topological polar surface area (TPSA) is 0 Å². The van der Waals surface area contributed by atoms with E-state index in [1.165, 1.54) is 12.8 Å². The molecule has 4 rings (SSSR count). The Balaban J connectivity index is 1.41. The first-order valence-electron chi connectivity index (χ1n) is 13.8. The first-order valence-corrected chi connectivity index (χ1v) is 13.8. The van der Waals surface area contributed by atoms with Gasteiger partial charge in [0.2, 0.25) is 0 Å². The van der Waals surface area contributed by atoms with Gasteiger partial charge in [-0.3, -0.25) is 0 Å². The van der Waals surface area contributed by atoms with Crippen molar-refractivity contribution < 1.29 is 13.2 Å². The fraction of sp³-hybridized carbons (Fsp3) is 0.455. The Morgan fingerprint density at radius 2 is 1.56 bits per heavy atom. The molecule has 0 amide bonds. The van der Waals surface area contributed by atoms with Crippen LogP contribution in [0.15, 0.2) is 66.0 Å². The lowest BCUT2D eigenvalue weighted by Gasteiger charge is -2.29. The van der Waals surface area contributed by atoms with Gasteiger partial charge in [-0.2, -0.15) is 0 Å². The summed E-state index contributed by atoms with van der Waals surface area (Å²) in [4.78, 5) is 0. The van der Waals surface area contributed by atoms with Crippen molar-refractivity contribution in [2.75, 3.05) is 0 Å². The first kappa shape index (κ1) is 26.5. The molecule has 3 heteroatoms. The molecule has 0 saturated heterocycles. The van der Waals surface area contributed by atoms with Gasteiger partial charge in [0.1, 0.15) is 5.83 Å². The van der Waals surface area contributed by atoms with Gasteiger partial charge in [-0.25, -0.2) is 13.2 Å². The van der Waals surface area contributed by atoms with Gasteiger partial charge in [0, 0.05) is 11.5 Å². The van der Waals surface area contributed by atoms with E-state index in [0.29, 0.717) is 16.7 Å². The van der Waals surface area contributed by atoms with Crippen molar-refractivity contribution in [2.24, 2.45) is 11.8 Å². The largest absolute Gasteiger partial charge is 0.211 e. The number of allylic oxidation sites excluding steroid dienone is 5. The van der Waals surface area contributed by atoms with Crippen molar-refractivity contribution in [3.8, 4) is 11.1 Å². The van der Waals surface area contributed by atoms with Crippen molar-refractivity contribution in [2.45, 2.75) is 84.0 Å². The van der Waals surface area contributed by atoms with Crippen molar-refractivity contribution in [3.63, 3.8) is 0 Å². The van der Waals surface area contributed by atoms with Crippen LogP contribution < -0.4 is 0 Å². The minimum Gasteiger partial charge on any atom is -0.211 e. The summed E-state index contributed by atoms with van der Waals surface area (Å²) in [7, 11) is 0. The summed E-state index contributed by atoms with van der Waals surface area (Å²) in [6.45, 7) is 4.33. The van der Waals surface area contributed by atoms with Crippen LogP contribution in [0.1, 0.15) is 95.1 Å². The van der Waals surface area contributed by atoms with Crippen molar-refractivity contribution in [1.82, 2.24) is 0 Å². The van der Waals surface area contributed by atoms with Crippen LogP contribution in [-0.4, -0.2) is 0 Å². The van der Waals surface area contributed by atoms with Gasteiger partial charge in [0.15, 0.2) is 11.6 Å². The minimum atomic E-state index is -0.753. The third kappa shape index (κ3) is 6.41. The number of hydrogen-bond acceptors (Lipinski definition) is 0. The smallest absolute Gasteiger partial charge is 0.166 e. The van der Waals surface area contributed by atoms with Crippen LogP contribution in [0.5, 0.6) is 0 Å². The zero-order chi connectivity index (χ0) is 25.5. The molecule has 1 fully saturated rings. The molecule has 36 heavy (non-hydrogen) atoms. The molecule has 0 N–H and O–H groups in total. The second kappa shape index (κ2) is 12.6. The van der Waals surface area contributed by atoms with Gasteiger partial charge in [-0.1, -0.05) is 94.2 Å². The molecule has 1 saturated carbocycles. The van der Waals surface area contributed by atoms with Crippen LogP contribution in [0.25, 0.3) is 17.2 Å². The lowest BCUT2D eigenvalue weighted by molar-refractivity contribution is 0.303. The predicted molar refractivity (Wildman–Crippen MR) is 145 cm³/mol. The monoisotopic (exact) mass is 492 g/mol. The Kier molecular flexibility index (Phi) is 9.29. The summed E-state index contributed by atoms with van der Waals surface area (Å²) < 4.78 is 44.6. The van der Waals surface area contributed by atoms with Gasteiger partial charge >= 0.3 is 0 Å². The Morgan fingerprint density at radius 3 is 2.22 bits per heavy atom. The molecule has 192 valence electrons. The highest BCUT2D eigenvalue weighted by Gasteiger charge is 2.26. The number of benzene rings is 2. The molecule has 1 atom stereocenters. The van der Waals surface area contributed by atoms with E-state index < -0.39 is 11.6 Å². The van der Waals surface area contributed by atoms with E-state index in [1.54, 1.807) is 18.2 Å². The molecule has 0 bridgehead atoms. The molecule has 0 heterocycles. The second-order valence-electron chi connectivity index (χ2n) is 10.6. The normalized spacial score (nSPS) is 22.5. The Hall–Kier alpha value is -2.55. The number of hydrogen-bond donors (Lipinski definition) is 0. The molecule has 2 aromatic rings. The predicted octanol–water partition coefficient (Wildman–Crippen LogP) is 10.7. The van der Waals surface area contributed by atoms with Crippen LogP contribution in [0.4, 0.5) is 13.2 Å². The molecule has 0 radical (unpaired) electrons. The van der Waals surface area contributed by atoms with E-state index in [4.69, 9.17) is 0 Å². The SMILES string of the molecule is CCCCC1CC=C(/C=C/c2ccc(-c3ccc(C4CCC(CCC)CC4)c(F)c3F)cc2)C=C1F. The van der Waals surface area contributed by atoms with E-state index in [1.807, 2.05) is 36.4 Å². The highest BCUT2D eigenvalue weighted by Crippen LogP contribution is 2.40. The highest BCUT2D eigenvalue weighted by atomic mass is 19.2. The molecular formula is C33H39F3. The van der Waals surface area contributed by atoms with E-state index >= 15 is 8.78 Å². The Bertz CT molecular complexity index is 1100. The van der Waals surface area contributed by atoms with Crippen molar-refractivity contribution in [1.29, 1.82) is 0 Å². The molecule has 2 aliphatic carbocycles. The molecule has 0 spiro atoms. The van der Waals surface area contributed by atoms with Crippen molar-refractivity contribution >= 4 is 6.08 Å². The van der Waals surface area contributed by atoms with E-state index in [2.05, 4.69) is 19.9 Å². The molecule has 0 aromatic heterocycles. The summed E-state index contributed by atoms with van der Waals surface area (Å²) in [6, 6.07) is 10.9. The quantitative estimate of drug-likeness (QED) is 0.326. The van der Waals surface area contributed by atoms with Gasteiger partial charge in [0.25, 0.3) is 0 Å². The van der Waals surface area contributed by atoms with Crippen LogP contribution in [-0.2, 0) is 0 Å². The summed E-state index contributed by atoms with van der Waals surface area (Å²) in [5.41, 5.74) is 3.29. The molecular weight excluding hydrogens is 453 g/mol. The third-order valence-electron chi connectivity index (χ3n) is 8.02. The average molecular weight is 493 g/mol. The molecule has 2 aromatic carbocycles. The molecule has 0 aliphatic heterocycles. The van der Waals surface area contributed by atoms with E-state index in [-0.39, 0.29) is 17.7 Å². The summed E-state index contributed by atoms with van der Waals surface area (Å²) in [6.07, 6.45) is 17.8. The maximum Gasteiger partial charge on any atom is 0.166 e. The Labute approximate surface area is 215 Å². The standard InChI is InChI=1S/C33H39F3/c1-3-5-7-28-19-14-25(22-31(28)34)9-8-24-12-17-27(18-13-24)30-21-20-29(32(35)33(30)36)26-15-10-23(6-4-2)11-16-26/h8-9,12-14,17-18,20-23,26,28H,3-7,10-11,15-16,19H2,1-2H3/b9-8+. The van der Waals surface area contributed by atoms with Gasteiger partial charge in [-0.15, -0.1) is 0 Å². The van der Waals surface area contributed by atoms with Gasteiger partial charge in [-0.05, 0) is 78.7 Å². The first-order chi connectivity index (χ1) is 17.5. The lowest BCUT2D eigenvalue weighted by Crippen LogP contribution is -2.14. The maximum absolute atomic E-state index is 15.1. The average Bonchev–Trinajstić information content (AvgIpc) is 2.90.